The molecule has 0 amide bonds. The molecule has 0 aliphatic carbocycles. The quantitative estimate of drug-likeness (QED) is 0.816. The van der Waals surface area contributed by atoms with Crippen molar-refractivity contribution in [3.05, 3.63) is 29.8 Å². The predicted molar refractivity (Wildman–Crippen MR) is 104 cm³/mol. The van der Waals surface area contributed by atoms with Crippen LogP contribution in [-0.2, 0) is 11.2 Å². The Labute approximate surface area is 158 Å². The van der Waals surface area contributed by atoms with Crippen LogP contribution in [-0.4, -0.2) is 65.3 Å². The van der Waals surface area contributed by atoms with Gasteiger partial charge in [-0.2, -0.15) is 13.5 Å². The Balaban J connectivity index is 0.00000225. The van der Waals surface area contributed by atoms with Crippen molar-refractivity contribution in [2.75, 3.05) is 32.7 Å². The molecule has 6 heteroatoms. The number of hydrogen-bond acceptors (Lipinski definition) is 4. The molecule has 0 N–H and O–H groups in total. The van der Waals surface area contributed by atoms with Crippen LogP contribution in [0, 0.1) is 5.82 Å². The van der Waals surface area contributed by atoms with E-state index in [9.17, 15) is 4.39 Å². The van der Waals surface area contributed by atoms with Crippen molar-refractivity contribution in [2.45, 2.75) is 57.8 Å². The monoisotopic (exact) mass is 369 g/mol. The summed E-state index contributed by atoms with van der Waals surface area (Å²) in [6.45, 7) is 11.7. The molecule has 2 saturated heterocycles. The van der Waals surface area contributed by atoms with E-state index in [2.05, 4.69) is 35.6 Å². The molecular weight excluding hydrogens is 337 g/mol. The van der Waals surface area contributed by atoms with E-state index < -0.39 is 0 Å². The SMILES string of the molecule is CC(C)N1C[C@H](C)OC2(CCN(CCc3ncccc3F)CC2)C1.S. The Hall–Kier alpha value is -0.690. The summed E-state index contributed by atoms with van der Waals surface area (Å²) in [6, 6.07) is 3.70. The third kappa shape index (κ3) is 5.16. The first-order valence-corrected chi connectivity index (χ1v) is 9.21. The van der Waals surface area contributed by atoms with Gasteiger partial charge in [0.2, 0.25) is 0 Å². The second-order valence-corrected chi connectivity index (χ2v) is 7.66. The van der Waals surface area contributed by atoms with Gasteiger partial charge in [-0.25, -0.2) is 4.39 Å². The molecule has 2 aliphatic rings. The van der Waals surface area contributed by atoms with Crippen molar-refractivity contribution in [3.63, 3.8) is 0 Å². The molecule has 142 valence electrons. The lowest BCUT2D eigenvalue weighted by atomic mass is 9.88. The molecule has 1 spiro atoms. The lowest BCUT2D eigenvalue weighted by molar-refractivity contribution is -0.174. The number of ether oxygens (including phenoxy) is 1. The fourth-order valence-corrected chi connectivity index (χ4v) is 3.99. The van der Waals surface area contributed by atoms with Gasteiger partial charge in [0.05, 0.1) is 17.4 Å². The number of pyridine rings is 1. The number of hydrogen-bond donors (Lipinski definition) is 0. The van der Waals surface area contributed by atoms with E-state index in [1.54, 1.807) is 12.3 Å². The van der Waals surface area contributed by atoms with Crippen molar-refractivity contribution in [1.29, 1.82) is 0 Å². The first-order valence-electron chi connectivity index (χ1n) is 9.21. The summed E-state index contributed by atoms with van der Waals surface area (Å²) in [7, 11) is 0. The molecule has 0 saturated carbocycles. The van der Waals surface area contributed by atoms with Crippen molar-refractivity contribution in [2.24, 2.45) is 0 Å². The molecule has 0 bridgehead atoms. The molecule has 1 aromatic heterocycles. The number of nitrogens with zero attached hydrogens (tertiary/aromatic N) is 3. The van der Waals surface area contributed by atoms with Gasteiger partial charge < -0.3 is 9.64 Å². The van der Waals surface area contributed by atoms with Gasteiger partial charge in [0, 0.05) is 51.4 Å². The van der Waals surface area contributed by atoms with Gasteiger partial charge in [0.25, 0.3) is 0 Å². The molecule has 4 nitrogen and oxygen atoms in total. The number of likely N-dealkylation sites (tertiary alicyclic amines) is 1. The van der Waals surface area contributed by atoms with E-state index in [0.29, 0.717) is 24.3 Å². The standard InChI is InChI=1S/C19H30FN3O.H2S/c1-15(2)23-13-16(3)24-19(14-23)7-11-22(12-8-19)10-6-18-17(20)5-4-9-21-18;/h4-5,9,15-16H,6-8,10-14H2,1-3H3;1H2/t16-;/m0./s1. The number of morpholine rings is 1. The highest BCUT2D eigenvalue weighted by Gasteiger charge is 2.42. The zero-order valence-corrected chi connectivity index (χ0v) is 16.7. The summed E-state index contributed by atoms with van der Waals surface area (Å²) in [5.41, 5.74) is 0.584. The van der Waals surface area contributed by atoms with E-state index in [1.807, 2.05) is 0 Å². The Morgan fingerprint density at radius 2 is 2.08 bits per heavy atom. The van der Waals surface area contributed by atoms with E-state index in [1.165, 1.54) is 6.07 Å². The minimum absolute atomic E-state index is 0. The van der Waals surface area contributed by atoms with Crippen LogP contribution in [0.4, 0.5) is 4.39 Å². The van der Waals surface area contributed by atoms with Gasteiger partial charge in [-0.15, -0.1) is 0 Å². The summed E-state index contributed by atoms with van der Waals surface area (Å²) in [6.07, 6.45) is 4.77. The number of halogens is 1. The van der Waals surface area contributed by atoms with Gasteiger partial charge in [-0.3, -0.25) is 9.88 Å². The van der Waals surface area contributed by atoms with Crippen LogP contribution in [0.3, 0.4) is 0 Å². The van der Waals surface area contributed by atoms with Crippen LogP contribution in [0.5, 0.6) is 0 Å². The third-order valence-corrected chi connectivity index (χ3v) is 5.43. The topological polar surface area (TPSA) is 28.6 Å². The van der Waals surface area contributed by atoms with Crippen LogP contribution in [0.15, 0.2) is 18.3 Å². The molecule has 3 rings (SSSR count). The molecule has 3 heterocycles. The minimum Gasteiger partial charge on any atom is -0.369 e. The molecular formula is C19H32FN3OS. The second kappa shape index (κ2) is 8.80. The van der Waals surface area contributed by atoms with Crippen molar-refractivity contribution >= 4 is 13.5 Å². The summed E-state index contributed by atoms with van der Waals surface area (Å²) < 4.78 is 20.1. The molecule has 2 fully saturated rings. The summed E-state index contributed by atoms with van der Waals surface area (Å²) in [5.74, 6) is -0.192. The maximum absolute atomic E-state index is 13.7. The predicted octanol–water partition coefficient (Wildman–Crippen LogP) is 2.84. The third-order valence-electron chi connectivity index (χ3n) is 5.43. The Morgan fingerprint density at radius 1 is 1.36 bits per heavy atom. The normalized spacial score (nSPS) is 24.4. The maximum Gasteiger partial charge on any atom is 0.144 e. The fourth-order valence-electron chi connectivity index (χ4n) is 3.99. The molecule has 2 aliphatic heterocycles. The lowest BCUT2D eigenvalue weighted by Gasteiger charge is -2.50. The minimum atomic E-state index is -0.192. The lowest BCUT2D eigenvalue weighted by Crippen LogP contribution is -2.60. The fraction of sp³-hybridized carbons (Fsp3) is 0.737. The summed E-state index contributed by atoms with van der Waals surface area (Å²) in [5, 5.41) is 0. The molecule has 1 aromatic rings. The van der Waals surface area contributed by atoms with Crippen LogP contribution >= 0.6 is 13.5 Å². The van der Waals surface area contributed by atoms with Gasteiger partial charge in [0.15, 0.2) is 0 Å². The van der Waals surface area contributed by atoms with Gasteiger partial charge in [-0.05, 0) is 45.7 Å². The van der Waals surface area contributed by atoms with Gasteiger partial charge >= 0.3 is 0 Å². The largest absolute Gasteiger partial charge is 0.369 e. The van der Waals surface area contributed by atoms with E-state index in [0.717, 1.165) is 45.6 Å². The summed E-state index contributed by atoms with van der Waals surface area (Å²) >= 11 is 0. The summed E-state index contributed by atoms with van der Waals surface area (Å²) in [4.78, 5) is 9.12. The van der Waals surface area contributed by atoms with Gasteiger partial charge in [-0.1, -0.05) is 0 Å². The van der Waals surface area contributed by atoms with E-state index in [4.69, 9.17) is 4.74 Å². The zero-order chi connectivity index (χ0) is 17.2. The van der Waals surface area contributed by atoms with E-state index in [-0.39, 0.29) is 24.9 Å². The molecule has 0 aromatic carbocycles. The van der Waals surface area contributed by atoms with Crippen LogP contribution in [0.1, 0.15) is 39.3 Å². The van der Waals surface area contributed by atoms with Crippen molar-refractivity contribution < 1.29 is 9.13 Å². The molecule has 1 atom stereocenters. The average molecular weight is 370 g/mol. The number of rotatable bonds is 4. The molecule has 25 heavy (non-hydrogen) atoms. The van der Waals surface area contributed by atoms with Crippen molar-refractivity contribution in [1.82, 2.24) is 14.8 Å². The van der Waals surface area contributed by atoms with Crippen molar-refractivity contribution in [3.8, 4) is 0 Å². The highest BCUT2D eigenvalue weighted by molar-refractivity contribution is 7.59. The van der Waals surface area contributed by atoms with Crippen LogP contribution < -0.4 is 0 Å². The van der Waals surface area contributed by atoms with Crippen LogP contribution in [0.25, 0.3) is 0 Å². The first kappa shape index (κ1) is 20.6. The highest BCUT2D eigenvalue weighted by atomic mass is 32.1. The van der Waals surface area contributed by atoms with Gasteiger partial charge in [0.1, 0.15) is 5.82 Å². The number of aromatic nitrogens is 1. The molecule has 0 unspecified atom stereocenters. The highest BCUT2D eigenvalue weighted by Crippen LogP contribution is 2.33. The van der Waals surface area contributed by atoms with Crippen LogP contribution in [0.2, 0.25) is 0 Å². The first-order chi connectivity index (χ1) is 11.5. The smallest absolute Gasteiger partial charge is 0.144 e. The van der Waals surface area contributed by atoms with E-state index >= 15 is 0 Å². The Kier molecular flexibility index (Phi) is 7.26. The molecule has 0 radical (unpaired) electrons. The zero-order valence-electron chi connectivity index (χ0n) is 15.7. The second-order valence-electron chi connectivity index (χ2n) is 7.66. The Bertz CT molecular complexity index is 549. The average Bonchev–Trinajstić information content (AvgIpc) is 2.55. The Morgan fingerprint density at radius 3 is 2.72 bits per heavy atom. The maximum atomic E-state index is 13.7. The number of piperidine rings is 1.